The number of rotatable bonds is 3. The fourth-order valence-corrected chi connectivity index (χ4v) is 3.75. The molecule has 0 radical (unpaired) electrons. The topological polar surface area (TPSA) is 52.2 Å². The van der Waals surface area contributed by atoms with Crippen LogP contribution in [0.1, 0.15) is 5.56 Å². The first kappa shape index (κ1) is 17.9. The molecule has 0 saturated carbocycles. The summed E-state index contributed by atoms with van der Waals surface area (Å²) in [5.74, 6) is 0. The molecule has 0 aliphatic heterocycles. The molecule has 0 fully saturated rings. The van der Waals surface area contributed by atoms with Gasteiger partial charge in [0, 0.05) is 28.0 Å². The highest BCUT2D eigenvalue weighted by molar-refractivity contribution is 6.31. The predicted molar refractivity (Wildman–Crippen MR) is 116 cm³/mol. The van der Waals surface area contributed by atoms with E-state index < -0.39 is 0 Å². The van der Waals surface area contributed by atoms with E-state index in [-0.39, 0.29) is 5.56 Å². The van der Waals surface area contributed by atoms with Crippen LogP contribution in [-0.4, -0.2) is 19.2 Å². The van der Waals surface area contributed by atoms with E-state index in [1.54, 1.807) is 27.7 Å². The van der Waals surface area contributed by atoms with Crippen molar-refractivity contribution >= 4 is 39.8 Å². The van der Waals surface area contributed by atoms with Gasteiger partial charge in [-0.25, -0.2) is 9.50 Å². The molecular formula is C22H14Cl2N4O. The Morgan fingerprint density at radius 3 is 2.52 bits per heavy atom. The van der Waals surface area contributed by atoms with Gasteiger partial charge in [0.25, 0.3) is 5.56 Å². The molecule has 0 atom stereocenters. The Kier molecular flexibility index (Phi) is 4.34. The first-order valence-electron chi connectivity index (χ1n) is 8.97. The number of aromatic nitrogens is 4. The summed E-state index contributed by atoms with van der Waals surface area (Å²) in [6, 6.07) is 16.9. The van der Waals surface area contributed by atoms with Crippen molar-refractivity contribution in [1.29, 1.82) is 0 Å². The van der Waals surface area contributed by atoms with Crippen molar-refractivity contribution in [2.45, 2.75) is 6.54 Å². The van der Waals surface area contributed by atoms with Gasteiger partial charge in [0.2, 0.25) is 0 Å². The van der Waals surface area contributed by atoms with E-state index in [2.05, 4.69) is 10.1 Å². The van der Waals surface area contributed by atoms with Gasteiger partial charge in [-0.2, -0.15) is 5.10 Å². The highest BCUT2D eigenvalue weighted by Gasteiger charge is 2.13. The summed E-state index contributed by atoms with van der Waals surface area (Å²) < 4.78 is 3.32. The molecule has 3 aromatic heterocycles. The average molecular weight is 421 g/mol. The van der Waals surface area contributed by atoms with Crippen LogP contribution in [0.2, 0.25) is 10.0 Å². The Morgan fingerprint density at radius 1 is 0.931 bits per heavy atom. The maximum Gasteiger partial charge on any atom is 0.261 e. The average Bonchev–Trinajstić information content (AvgIpc) is 3.16. The minimum atomic E-state index is -0.139. The molecule has 0 bridgehead atoms. The standard InChI is InChI=1S/C22H14Cl2N4O/c23-16-7-5-14(6-8-16)17-12-26-28-20-9-10-27(13-15-3-1-2-4-19(15)24)22(29)18(20)11-25-21(17)28/h1-12H,13H2. The van der Waals surface area contributed by atoms with Crippen LogP contribution in [0.5, 0.6) is 0 Å². The second-order valence-electron chi connectivity index (χ2n) is 6.70. The predicted octanol–water partition coefficient (Wildman–Crippen LogP) is 5.07. The van der Waals surface area contributed by atoms with Crippen LogP contribution in [0, 0.1) is 0 Å². The van der Waals surface area contributed by atoms with Crippen molar-refractivity contribution < 1.29 is 0 Å². The first-order chi connectivity index (χ1) is 14.1. The SMILES string of the molecule is O=c1c2cnc3c(-c4ccc(Cl)cc4)cnn3c2ccn1Cc1ccccc1Cl. The fourth-order valence-electron chi connectivity index (χ4n) is 3.42. The van der Waals surface area contributed by atoms with Crippen LogP contribution in [0.4, 0.5) is 0 Å². The zero-order chi connectivity index (χ0) is 20.0. The van der Waals surface area contributed by atoms with Gasteiger partial charge in [-0.1, -0.05) is 53.5 Å². The molecule has 3 heterocycles. The Labute approximate surface area is 175 Å². The van der Waals surface area contributed by atoms with E-state index in [1.807, 2.05) is 54.6 Å². The zero-order valence-electron chi connectivity index (χ0n) is 15.1. The summed E-state index contributed by atoms with van der Waals surface area (Å²) in [6.07, 6.45) is 5.12. The smallest absolute Gasteiger partial charge is 0.261 e. The van der Waals surface area contributed by atoms with Crippen LogP contribution in [0.25, 0.3) is 27.7 Å². The fraction of sp³-hybridized carbons (Fsp3) is 0.0455. The van der Waals surface area contributed by atoms with Gasteiger partial charge in [-0.3, -0.25) is 4.79 Å². The molecular weight excluding hydrogens is 407 g/mol. The Morgan fingerprint density at radius 2 is 1.72 bits per heavy atom. The molecule has 142 valence electrons. The maximum atomic E-state index is 13.0. The van der Waals surface area contributed by atoms with Crippen LogP contribution in [0.15, 0.2) is 78.0 Å². The molecule has 2 aromatic carbocycles. The number of halogens is 2. The van der Waals surface area contributed by atoms with Gasteiger partial charge < -0.3 is 4.57 Å². The number of benzene rings is 2. The van der Waals surface area contributed by atoms with E-state index in [1.165, 1.54) is 0 Å². The summed E-state index contributed by atoms with van der Waals surface area (Å²) in [4.78, 5) is 17.5. The highest BCUT2D eigenvalue weighted by Crippen LogP contribution is 2.26. The van der Waals surface area contributed by atoms with E-state index in [4.69, 9.17) is 23.2 Å². The van der Waals surface area contributed by atoms with Crippen LogP contribution >= 0.6 is 23.2 Å². The summed E-state index contributed by atoms with van der Waals surface area (Å²) >= 11 is 12.2. The lowest BCUT2D eigenvalue weighted by Gasteiger charge is -2.09. The lowest BCUT2D eigenvalue weighted by molar-refractivity contribution is 0.765. The van der Waals surface area contributed by atoms with Gasteiger partial charge >= 0.3 is 0 Å². The number of hydrogen-bond acceptors (Lipinski definition) is 3. The van der Waals surface area contributed by atoms with Gasteiger partial charge in [-0.05, 0) is 35.4 Å². The Balaban J connectivity index is 1.64. The van der Waals surface area contributed by atoms with E-state index in [0.29, 0.717) is 33.1 Å². The molecule has 7 heteroatoms. The quantitative estimate of drug-likeness (QED) is 0.409. The number of nitrogens with zero attached hydrogens (tertiary/aromatic N) is 4. The monoisotopic (exact) mass is 420 g/mol. The molecule has 0 saturated heterocycles. The lowest BCUT2D eigenvalue weighted by atomic mass is 10.1. The van der Waals surface area contributed by atoms with Gasteiger partial charge in [0.15, 0.2) is 5.65 Å². The molecule has 0 aliphatic carbocycles. The van der Waals surface area contributed by atoms with Crippen molar-refractivity contribution in [3.8, 4) is 11.1 Å². The number of hydrogen-bond donors (Lipinski definition) is 0. The minimum absolute atomic E-state index is 0.139. The summed E-state index contributed by atoms with van der Waals surface area (Å²) in [5.41, 5.74) is 3.97. The minimum Gasteiger partial charge on any atom is -0.310 e. The van der Waals surface area contributed by atoms with Crippen molar-refractivity contribution in [3.05, 3.63) is 99.2 Å². The van der Waals surface area contributed by atoms with Crippen molar-refractivity contribution in [2.75, 3.05) is 0 Å². The molecule has 29 heavy (non-hydrogen) atoms. The Hall–Kier alpha value is -3.15. The molecule has 5 rings (SSSR count). The van der Waals surface area contributed by atoms with Crippen LogP contribution in [0.3, 0.4) is 0 Å². The summed E-state index contributed by atoms with van der Waals surface area (Å²) in [5, 5.41) is 6.27. The zero-order valence-corrected chi connectivity index (χ0v) is 16.6. The first-order valence-corrected chi connectivity index (χ1v) is 9.72. The van der Waals surface area contributed by atoms with E-state index in [9.17, 15) is 4.79 Å². The third-order valence-electron chi connectivity index (χ3n) is 4.92. The second-order valence-corrected chi connectivity index (χ2v) is 7.54. The largest absolute Gasteiger partial charge is 0.310 e. The molecule has 0 amide bonds. The molecule has 5 aromatic rings. The van der Waals surface area contributed by atoms with Gasteiger partial charge in [0.1, 0.15) is 0 Å². The second kappa shape index (κ2) is 7.03. The van der Waals surface area contributed by atoms with Crippen LogP contribution in [-0.2, 0) is 6.54 Å². The van der Waals surface area contributed by atoms with E-state index in [0.717, 1.165) is 16.7 Å². The molecule has 0 spiro atoms. The molecule has 0 aliphatic rings. The highest BCUT2D eigenvalue weighted by atomic mass is 35.5. The normalized spacial score (nSPS) is 11.4. The molecule has 0 unspecified atom stereocenters. The summed E-state index contributed by atoms with van der Waals surface area (Å²) in [6.45, 7) is 0.390. The van der Waals surface area contributed by atoms with Gasteiger partial charge in [-0.15, -0.1) is 0 Å². The Bertz CT molecular complexity index is 1420. The van der Waals surface area contributed by atoms with Crippen molar-refractivity contribution in [2.24, 2.45) is 0 Å². The third kappa shape index (κ3) is 3.09. The maximum absolute atomic E-state index is 13.0. The number of pyridine rings is 1. The van der Waals surface area contributed by atoms with Crippen molar-refractivity contribution in [1.82, 2.24) is 19.2 Å². The molecule has 5 nitrogen and oxygen atoms in total. The van der Waals surface area contributed by atoms with Gasteiger partial charge in [0.05, 0.1) is 23.6 Å². The number of fused-ring (bicyclic) bond motifs is 3. The lowest BCUT2D eigenvalue weighted by Crippen LogP contribution is -2.21. The third-order valence-corrected chi connectivity index (χ3v) is 5.54. The van der Waals surface area contributed by atoms with Crippen LogP contribution < -0.4 is 5.56 Å². The summed E-state index contributed by atoms with van der Waals surface area (Å²) in [7, 11) is 0. The van der Waals surface area contributed by atoms with E-state index >= 15 is 0 Å². The molecule has 0 N–H and O–H groups in total. The van der Waals surface area contributed by atoms with Crippen molar-refractivity contribution in [3.63, 3.8) is 0 Å².